The van der Waals surface area contributed by atoms with E-state index in [1.165, 1.54) is 12.8 Å². The number of hydrogen-bond acceptors (Lipinski definition) is 3. The zero-order chi connectivity index (χ0) is 14.3. The molecule has 106 valence electrons. The Bertz CT molecular complexity index is 419. The van der Waals surface area contributed by atoms with Crippen molar-refractivity contribution in [2.75, 3.05) is 5.32 Å². The number of rotatable bonds is 8. The molecule has 1 N–H and O–H groups in total. The number of anilines is 1. The summed E-state index contributed by atoms with van der Waals surface area (Å²) in [7, 11) is 0. The van der Waals surface area contributed by atoms with Crippen LogP contribution in [0.4, 0.5) is 11.4 Å². The second-order valence-electron chi connectivity index (χ2n) is 5.03. The van der Waals surface area contributed by atoms with Gasteiger partial charge in [-0.05, 0) is 31.4 Å². The summed E-state index contributed by atoms with van der Waals surface area (Å²) in [5.74, 6) is 0. The first kappa shape index (κ1) is 15.5. The Morgan fingerprint density at radius 2 is 2.00 bits per heavy atom. The van der Waals surface area contributed by atoms with Crippen molar-refractivity contribution in [1.29, 1.82) is 0 Å². The predicted molar refractivity (Wildman–Crippen MR) is 79.7 cm³/mol. The van der Waals surface area contributed by atoms with Gasteiger partial charge in [-0.2, -0.15) is 0 Å². The average molecular weight is 264 g/mol. The van der Waals surface area contributed by atoms with Crippen molar-refractivity contribution in [1.82, 2.24) is 0 Å². The molecule has 0 fully saturated rings. The van der Waals surface area contributed by atoms with E-state index in [1.54, 1.807) is 12.1 Å². The maximum atomic E-state index is 10.7. The van der Waals surface area contributed by atoms with Gasteiger partial charge >= 0.3 is 0 Å². The first-order valence-corrected chi connectivity index (χ1v) is 7.10. The molecule has 4 nitrogen and oxygen atoms in total. The minimum Gasteiger partial charge on any atom is -0.382 e. The zero-order valence-electron chi connectivity index (χ0n) is 12.1. The molecule has 1 aromatic carbocycles. The molecule has 1 aromatic rings. The number of nitrogens with one attached hydrogen (secondary N) is 1. The van der Waals surface area contributed by atoms with Crippen molar-refractivity contribution in [3.63, 3.8) is 0 Å². The molecule has 0 aromatic heterocycles. The van der Waals surface area contributed by atoms with Gasteiger partial charge in [-0.1, -0.05) is 33.1 Å². The summed E-state index contributed by atoms with van der Waals surface area (Å²) in [6, 6.07) is 5.48. The van der Waals surface area contributed by atoms with E-state index >= 15 is 0 Å². The minimum absolute atomic E-state index is 0.156. The van der Waals surface area contributed by atoms with Crippen molar-refractivity contribution in [2.45, 2.75) is 58.9 Å². The molecule has 0 saturated carbocycles. The third-order valence-corrected chi connectivity index (χ3v) is 3.32. The Balaban J connectivity index is 2.75. The number of nitrogens with zero attached hydrogens (tertiary/aromatic N) is 1. The smallest absolute Gasteiger partial charge is 0.269 e. The zero-order valence-corrected chi connectivity index (χ0v) is 12.1. The largest absolute Gasteiger partial charge is 0.382 e. The highest BCUT2D eigenvalue weighted by molar-refractivity contribution is 5.55. The molecule has 4 heteroatoms. The molecule has 0 radical (unpaired) electrons. The van der Waals surface area contributed by atoms with E-state index in [2.05, 4.69) is 19.2 Å². The van der Waals surface area contributed by atoms with Gasteiger partial charge in [0.15, 0.2) is 0 Å². The maximum Gasteiger partial charge on any atom is 0.269 e. The van der Waals surface area contributed by atoms with Gasteiger partial charge < -0.3 is 5.32 Å². The molecule has 1 unspecified atom stereocenters. The number of benzene rings is 1. The minimum atomic E-state index is -0.350. The second kappa shape index (κ2) is 7.77. The topological polar surface area (TPSA) is 55.2 Å². The molecule has 0 amide bonds. The highest BCUT2D eigenvalue weighted by Gasteiger charge is 2.11. The standard InChI is InChI=1S/C15H24N2O2/c1-4-6-8-13(7-5-2)16-15-10-9-14(17(18)19)11-12(15)3/h9-11,13,16H,4-8H2,1-3H3. The first-order chi connectivity index (χ1) is 9.08. The van der Waals surface area contributed by atoms with Crippen molar-refractivity contribution in [3.8, 4) is 0 Å². The molecule has 0 aliphatic heterocycles. The number of non-ortho nitro benzene ring substituents is 1. The van der Waals surface area contributed by atoms with Crippen LogP contribution in [0.15, 0.2) is 18.2 Å². The van der Waals surface area contributed by atoms with Crippen LogP contribution in [0.2, 0.25) is 0 Å². The van der Waals surface area contributed by atoms with Crippen molar-refractivity contribution < 1.29 is 4.92 Å². The van der Waals surface area contributed by atoms with Gasteiger partial charge in [-0.3, -0.25) is 10.1 Å². The Labute approximate surface area is 115 Å². The van der Waals surface area contributed by atoms with Crippen LogP contribution in [0, 0.1) is 17.0 Å². The highest BCUT2D eigenvalue weighted by Crippen LogP contribution is 2.23. The lowest BCUT2D eigenvalue weighted by molar-refractivity contribution is -0.384. The maximum absolute atomic E-state index is 10.7. The lowest BCUT2D eigenvalue weighted by Crippen LogP contribution is -2.19. The van der Waals surface area contributed by atoms with E-state index in [0.29, 0.717) is 6.04 Å². The Hall–Kier alpha value is -1.58. The van der Waals surface area contributed by atoms with E-state index < -0.39 is 0 Å². The van der Waals surface area contributed by atoms with Crippen LogP contribution >= 0.6 is 0 Å². The van der Waals surface area contributed by atoms with Gasteiger partial charge in [-0.15, -0.1) is 0 Å². The molecular formula is C15H24N2O2. The summed E-state index contributed by atoms with van der Waals surface area (Å²) in [6.45, 7) is 6.29. The molecule has 0 aliphatic carbocycles. The normalized spacial score (nSPS) is 12.2. The number of hydrogen-bond donors (Lipinski definition) is 1. The number of nitro benzene ring substituents is 1. The Morgan fingerprint density at radius 1 is 1.26 bits per heavy atom. The van der Waals surface area contributed by atoms with E-state index in [1.807, 2.05) is 13.0 Å². The fourth-order valence-electron chi connectivity index (χ4n) is 2.23. The quantitative estimate of drug-likeness (QED) is 0.548. The van der Waals surface area contributed by atoms with Crippen LogP contribution in [-0.4, -0.2) is 11.0 Å². The van der Waals surface area contributed by atoms with Gasteiger partial charge in [0.2, 0.25) is 0 Å². The van der Waals surface area contributed by atoms with E-state index in [9.17, 15) is 10.1 Å². The summed E-state index contributed by atoms with van der Waals surface area (Å²) in [5.41, 5.74) is 2.11. The average Bonchev–Trinajstić information content (AvgIpc) is 2.38. The number of aryl methyl sites for hydroxylation is 1. The monoisotopic (exact) mass is 264 g/mol. The molecule has 1 rings (SSSR count). The van der Waals surface area contributed by atoms with Crippen molar-refractivity contribution >= 4 is 11.4 Å². The fraction of sp³-hybridized carbons (Fsp3) is 0.600. The summed E-state index contributed by atoms with van der Waals surface area (Å²) < 4.78 is 0. The molecule has 19 heavy (non-hydrogen) atoms. The third kappa shape index (κ3) is 4.89. The second-order valence-corrected chi connectivity index (χ2v) is 5.03. The van der Waals surface area contributed by atoms with Gasteiger partial charge in [0.05, 0.1) is 4.92 Å². The summed E-state index contributed by atoms with van der Waals surface area (Å²) in [6.07, 6.45) is 5.84. The lowest BCUT2D eigenvalue weighted by Gasteiger charge is -2.20. The summed E-state index contributed by atoms with van der Waals surface area (Å²) in [4.78, 5) is 10.4. The third-order valence-electron chi connectivity index (χ3n) is 3.32. The van der Waals surface area contributed by atoms with Gasteiger partial charge in [0.25, 0.3) is 5.69 Å². The van der Waals surface area contributed by atoms with Crippen LogP contribution in [0.3, 0.4) is 0 Å². The molecular weight excluding hydrogens is 240 g/mol. The Kier molecular flexibility index (Phi) is 6.33. The van der Waals surface area contributed by atoms with Crippen LogP contribution in [0.5, 0.6) is 0 Å². The van der Waals surface area contributed by atoms with E-state index in [-0.39, 0.29) is 10.6 Å². The van der Waals surface area contributed by atoms with Crippen LogP contribution in [0.25, 0.3) is 0 Å². The lowest BCUT2D eigenvalue weighted by atomic mass is 10.0. The summed E-state index contributed by atoms with van der Waals surface area (Å²) in [5, 5.41) is 14.2. The number of unbranched alkanes of at least 4 members (excludes halogenated alkanes) is 1. The molecule has 0 heterocycles. The summed E-state index contributed by atoms with van der Waals surface area (Å²) >= 11 is 0. The molecule has 1 atom stereocenters. The van der Waals surface area contributed by atoms with E-state index in [0.717, 1.165) is 30.5 Å². The van der Waals surface area contributed by atoms with Crippen LogP contribution < -0.4 is 5.32 Å². The van der Waals surface area contributed by atoms with Crippen molar-refractivity contribution in [2.24, 2.45) is 0 Å². The van der Waals surface area contributed by atoms with Gasteiger partial charge in [0.1, 0.15) is 0 Å². The Morgan fingerprint density at radius 3 is 2.53 bits per heavy atom. The SMILES string of the molecule is CCCCC(CCC)Nc1ccc([N+](=O)[O-])cc1C. The first-order valence-electron chi connectivity index (χ1n) is 7.10. The molecule has 0 bridgehead atoms. The van der Waals surface area contributed by atoms with E-state index in [4.69, 9.17) is 0 Å². The van der Waals surface area contributed by atoms with Gasteiger partial charge in [0, 0.05) is 23.9 Å². The molecule has 0 aliphatic rings. The van der Waals surface area contributed by atoms with Crippen molar-refractivity contribution in [3.05, 3.63) is 33.9 Å². The van der Waals surface area contributed by atoms with Crippen LogP contribution in [-0.2, 0) is 0 Å². The molecule has 0 saturated heterocycles. The number of nitro groups is 1. The fourth-order valence-corrected chi connectivity index (χ4v) is 2.23. The molecule has 0 spiro atoms. The predicted octanol–water partition coefficient (Wildman–Crippen LogP) is 4.67. The van der Waals surface area contributed by atoms with Gasteiger partial charge in [-0.25, -0.2) is 0 Å². The highest BCUT2D eigenvalue weighted by atomic mass is 16.6. The van der Waals surface area contributed by atoms with Crippen LogP contribution in [0.1, 0.15) is 51.5 Å².